The van der Waals surface area contributed by atoms with Crippen LogP contribution >= 0.6 is 10.5 Å². The fourth-order valence-corrected chi connectivity index (χ4v) is 7.53. The van der Waals surface area contributed by atoms with Crippen molar-refractivity contribution in [1.82, 2.24) is 9.88 Å². The number of nitrogens with zero attached hydrogens (tertiary/aromatic N) is 1. The van der Waals surface area contributed by atoms with Crippen LogP contribution in [0, 0.1) is 0 Å². The molecule has 6 heteroatoms. The number of hydrogen-bond donors (Lipinski definition) is 1. The van der Waals surface area contributed by atoms with E-state index in [2.05, 4.69) is 34.1 Å². The van der Waals surface area contributed by atoms with Gasteiger partial charge in [-0.1, -0.05) is 36.4 Å². The molecular formula is C24H26N2O3S. The molecule has 5 rings (SSSR count). The monoisotopic (exact) mass is 422 g/mol. The van der Waals surface area contributed by atoms with Crippen LogP contribution in [0.3, 0.4) is 0 Å². The SMILES string of the molecule is O=C([O-])C(CCN1CCC2(CCc3ccccc32)CC1)[s+]1c(=O)[nH]c2ccccc21. The van der Waals surface area contributed by atoms with Crippen molar-refractivity contribution in [2.24, 2.45) is 0 Å². The molecule has 0 bridgehead atoms. The van der Waals surface area contributed by atoms with Crippen molar-refractivity contribution in [2.75, 3.05) is 19.6 Å². The van der Waals surface area contributed by atoms with Crippen LogP contribution in [0.15, 0.2) is 53.3 Å². The lowest BCUT2D eigenvalue weighted by atomic mass is 9.74. The molecule has 30 heavy (non-hydrogen) atoms. The van der Waals surface area contributed by atoms with Crippen LogP contribution in [0.25, 0.3) is 10.2 Å². The van der Waals surface area contributed by atoms with Gasteiger partial charge in [-0.05, 0) is 61.4 Å². The van der Waals surface area contributed by atoms with Gasteiger partial charge >= 0.3 is 4.87 Å². The Labute approximate surface area is 178 Å². The van der Waals surface area contributed by atoms with Crippen molar-refractivity contribution >= 4 is 26.7 Å². The summed E-state index contributed by atoms with van der Waals surface area (Å²) >= 11 is 0. The summed E-state index contributed by atoms with van der Waals surface area (Å²) in [5, 5.41) is 11.2. The standard InChI is InChI=1S/C24H26N2O3S/c27-22(28)21(30-20-8-4-3-7-19(20)25-23(30)29)10-14-26-15-12-24(13-16-26)11-9-17-5-1-2-6-18(17)24/h1-8,21H,9-16H2,(H-,25,27,28,29). The molecule has 156 valence electrons. The fourth-order valence-electron chi connectivity index (χ4n) is 5.43. The predicted octanol–water partition coefficient (Wildman–Crippen LogP) is 2.94. The quantitative estimate of drug-likeness (QED) is 0.642. The first-order valence-corrected chi connectivity index (χ1v) is 12.0. The van der Waals surface area contributed by atoms with E-state index >= 15 is 0 Å². The Kier molecular flexibility index (Phi) is 4.99. The molecule has 2 unspecified atom stereocenters. The molecule has 1 aliphatic carbocycles. The first-order valence-electron chi connectivity index (χ1n) is 10.7. The number of thiazole rings is 1. The van der Waals surface area contributed by atoms with Gasteiger partial charge in [0.1, 0.15) is 5.52 Å². The summed E-state index contributed by atoms with van der Waals surface area (Å²) < 4.78 is 0.803. The number of carboxylic acid groups (broad SMARTS) is 1. The molecule has 5 nitrogen and oxygen atoms in total. The number of likely N-dealkylation sites (tertiary alicyclic amines) is 1. The van der Waals surface area contributed by atoms with Gasteiger partial charge in [0.15, 0.2) is 5.25 Å². The van der Waals surface area contributed by atoms with Crippen LogP contribution in [0.2, 0.25) is 0 Å². The number of aromatic amines is 1. The molecule has 1 aromatic heterocycles. The van der Waals surface area contributed by atoms with Crippen LogP contribution in [0.4, 0.5) is 0 Å². The minimum atomic E-state index is -1.12. The smallest absolute Gasteiger partial charge is 0.456 e. The van der Waals surface area contributed by atoms with E-state index in [9.17, 15) is 14.7 Å². The molecular weight excluding hydrogens is 396 g/mol. The van der Waals surface area contributed by atoms with E-state index in [1.807, 2.05) is 24.3 Å². The Morgan fingerprint density at radius 1 is 1.10 bits per heavy atom. The lowest BCUT2D eigenvalue weighted by Crippen LogP contribution is -2.42. The summed E-state index contributed by atoms with van der Waals surface area (Å²) in [7, 11) is -0.996. The summed E-state index contributed by atoms with van der Waals surface area (Å²) in [6.07, 6.45) is 5.07. The van der Waals surface area contributed by atoms with Crippen molar-refractivity contribution in [1.29, 1.82) is 0 Å². The Bertz CT molecular complexity index is 1140. The van der Waals surface area contributed by atoms with Gasteiger partial charge in [0.2, 0.25) is 4.70 Å². The molecule has 2 atom stereocenters. The minimum Gasteiger partial charge on any atom is -0.544 e. The second-order valence-corrected chi connectivity index (χ2v) is 10.7. The van der Waals surface area contributed by atoms with Crippen molar-refractivity contribution < 1.29 is 9.90 Å². The number of H-pyrrole nitrogens is 1. The zero-order chi connectivity index (χ0) is 20.7. The van der Waals surface area contributed by atoms with Gasteiger partial charge in [-0.15, -0.1) is 0 Å². The van der Waals surface area contributed by atoms with Crippen molar-refractivity contribution in [3.63, 3.8) is 0 Å². The van der Waals surface area contributed by atoms with Gasteiger partial charge in [0.25, 0.3) is 0 Å². The van der Waals surface area contributed by atoms with Crippen molar-refractivity contribution in [3.8, 4) is 0 Å². The predicted molar refractivity (Wildman–Crippen MR) is 118 cm³/mol. The van der Waals surface area contributed by atoms with Crippen LogP contribution in [0.1, 0.15) is 42.1 Å². The Morgan fingerprint density at radius 2 is 1.83 bits per heavy atom. The number of carbonyl (C=O) groups is 1. The van der Waals surface area contributed by atoms with E-state index in [0.29, 0.717) is 18.4 Å². The number of carboxylic acids is 1. The average Bonchev–Trinajstić information content (AvgIpc) is 3.28. The van der Waals surface area contributed by atoms with Gasteiger partial charge < -0.3 is 14.8 Å². The molecule has 2 aliphatic rings. The molecule has 0 amide bonds. The summed E-state index contributed by atoms with van der Waals surface area (Å²) in [5.41, 5.74) is 4.05. The van der Waals surface area contributed by atoms with Crippen LogP contribution < -0.4 is 9.98 Å². The van der Waals surface area contributed by atoms with E-state index in [-0.39, 0.29) is 4.87 Å². The molecule has 1 spiro atoms. The van der Waals surface area contributed by atoms with Gasteiger partial charge in [-0.25, -0.2) is 4.79 Å². The largest absolute Gasteiger partial charge is 0.544 e. The number of hydrogen-bond acceptors (Lipinski definition) is 4. The number of para-hydroxylation sites is 1. The molecule has 1 fully saturated rings. The van der Waals surface area contributed by atoms with Gasteiger partial charge in [-0.3, -0.25) is 4.98 Å². The van der Waals surface area contributed by atoms with Crippen molar-refractivity contribution in [2.45, 2.75) is 42.8 Å². The van der Waals surface area contributed by atoms with E-state index in [0.717, 1.165) is 36.1 Å². The highest BCUT2D eigenvalue weighted by atomic mass is 32.2. The van der Waals surface area contributed by atoms with Crippen molar-refractivity contribution in [3.05, 3.63) is 69.3 Å². The number of aliphatic carboxylic acids is 1. The molecule has 0 radical (unpaired) electrons. The summed E-state index contributed by atoms with van der Waals surface area (Å²) in [4.78, 5) is 29.5. The number of piperidine rings is 1. The summed E-state index contributed by atoms with van der Waals surface area (Å²) in [6, 6.07) is 16.2. The second-order valence-electron chi connectivity index (χ2n) is 8.62. The topological polar surface area (TPSA) is 76.2 Å². The molecule has 2 aromatic carbocycles. The molecule has 3 aromatic rings. The minimum absolute atomic E-state index is 0.203. The molecule has 2 heterocycles. The maximum Gasteiger partial charge on any atom is 0.456 e. The third-order valence-corrected chi connectivity index (χ3v) is 9.42. The second kappa shape index (κ2) is 7.67. The van der Waals surface area contributed by atoms with Crippen LogP contribution in [-0.4, -0.2) is 35.5 Å². The van der Waals surface area contributed by atoms with Gasteiger partial charge in [-0.2, -0.15) is 0 Å². The first kappa shape index (κ1) is 19.5. The maximum absolute atomic E-state index is 12.5. The number of rotatable bonds is 5. The van der Waals surface area contributed by atoms with Gasteiger partial charge in [0, 0.05) is 19.0 Å². The lowest BCUT2D eigenvalue weighted by Gasteiger charge is -2.40. The fraction of sp³-hybridized carbons (Fsp3) is 0.417. The Hall–Kier alpha value is -2.44. The number of nitrogens with one attached hydrogen (secondary N) is 1. The third kappa shape index (κ3) is 3.28. The van der Waals surface area contributed by atoms with Gasteiger partial charge in [0.05, 0.1) is 16.4 Å². The van der Waals surface area contributed by atoms with E-state index < -0.39 is 21.7 Å². The highest BCUT2D eigenvalue weighted by molar-refractivity contribution is 7.37. The van der Waals surface area contributed by atoms with Crippen LogP contribution in [0.5, 0.6) is 0 Å². The zero-order valence-corrected chi connectivity index (χ0v) is 17.7. The third-order valence-electron chi connectivity index (χ3n) is 7.09. The van der Waals surface area contributed by atoms with E-state index in [4.69, 9.17) is 0 Å². The first-order chi connectivity index (χ1) is 14.6. The van der Waals surface area contributed by atoms with E-state index in [1.165, 1.54) is 24.0 Å². The average molecular weight is 423 g/mol. The molecule has 1 aliphatic heterocycles. The Balaban J connectivity index is 1.28. The number of aromatic nitrogens is 1. The van der Waals surface area contributed by atoms with Crippen LogP contribution in [-0.2, 0) is 16.6 Å². The number of aryl methyl sites for hydroxylation is 1. The zero-order valence-electron chi connectivity index (χ0n) is 16.9. The normalized spacial score (nSPS) is 19.8. The highest BCUT2D eigenvalue weighted by Gasteiger charge is 2.41. The number of fused-ring (bicyclic) bond motifs is 3. The lowest BCUT2D eigenvalue weighted by molar-refractivity contribution is -0.306. The Morgan fingerprint density at radius 3 is 2.63 bits per heavy atom. The maximum atomic E-state index is 12.5. The molecule has 1 N–H and O–H groups in total. The molecule has 0 saturated carbocycles. The summed E-state index contributed by atoms with van der Waals surface area (Å²) in [5.74, 6) is -1.12. The number of carbonyl (C=O) groups excluding carboxylic acids is 1. The number of benzene rings is 2. The van der Waals surface area contributed by atoms with E-state index in [1.54, 1.807) is 0 Å². The molecule has 1 saturated heterocycles. The summed E-state index contributed by atoms with van der Waals surface area (Å²) in [6.45, 7) is 2.64. The highest BCUT2D eigenvalue weighted by Crippen LogP contribution is 2.46.